The molecule has 0 aromatic heterocycles. The molecule has 0 fully saturated rings. The summed E-state index contributed by atoms with van der Waals surface area (Å²) in [6.07, 6.45) is 7.67. The van der Waals surface area contributed by atoms with Crippen molar-refractivity contribution >= 4 is 11.6 Å². The van der Waals surface area contributed by atoms with Gasteiger partial charge in [0.05, 0.1) is 5.71 Å². The van der Waals surface area contributed by atoms with E-state index in [0.717, 1.165) is 44.4 Å². The van der Waals surface area contributed by atoms with E-state index < -0.39 is 0 Å². The van der Waals surface area contributed by atoms with Crippen LogP contribution in [0, 0.1) is 0 Å². The maximum absolute atomic E-state index is 11.5. The van der Waals surface area contributed by atoms with Crippen LogP contribution in [0.2, 0.25) is 0 Å². The van der Waals surface area contributed by atoms with Crippen molar-refractivity contribution in [3.8, 4) is 0 Å². The summed E-state index contributed by atoms with van der Waals surface area (Å²) in [5, 5.41) is 7.00. The molecule has 0 unspecified atom stereocenters. The van der Waals surface area contributed by atoms with Crippen molar-refractivity contribution in [1.82, 2.24) is 5.32 Å². The molecular weight excluding hydrogens is 312 g/mol. The Labute approximate surface area is 159 Å². The molecule has 0 aliphatic heterocycles. The maximum Gasteiger partial charge on any atom is 0.219 e. The highest BCUT2D eigenvalue weighted by atomic mass is 16.6. The molecule has 154 valence electrons. The lowest BCUT2D eigenvalue weighted by Crippen LogP contribution is -2.24. The summed E-state index contributed by atoms with van der Waals surface area (Å²) >= 11 is 0. The molecule has 0 saturated heterocycles. The lowest BCUT2D eigenvalue weighted by atomic mass is 10.2. The third kappa shape index (κ3) is 31.3. The topological polar surface area (TPSA) is 50.7 Å². The summed E-state index contributed by atoms with van der Waals surface area (Å²) in [7, 11) is 0. The van der Waals surface area contributed by atoms with Crippen LogP contribution in [0.25, 0.3) is 0 Å². The fourth-order valence-electron chi connectivity index (χ4n) is 1.66. The van der Waals surface area contributed by atoms with Crippen molar-refractivity contribution in [2.75, 3.05) is 13.2 Å². The van der Waals surface area contributed by atoms with E-state index in [1.807, 2.05) is 41.5 Å². The number of amides is 1. The average molecular weight is 361 g/mol. The van der Waals surface area contributed by atoms with Gasteiger partial charge in [-0.25, -0.2) is 0 Å². The molecule has 0 spiro atoms. The first kappa shape index (κ1) is 31.7. The SMILES string of the molecule is CC.CC.CC.CCCCCNC(=O)CCCCON=C(CC)CC. The molecule has 0 bridgehead atoms. The number of rotatable bonds is 12. The third-order valence-corrected chi connectivity index (χ3v) is 3.00. The molecule has 4 heteroatoms. The molecule has 0 saturated carbocycles. The lowest BCUT2D eigenvalue weighted by Gasteiger charge is -2.05. The van der Waals surface area contributed by atoms with Crippen molar-refractivity contribution in [3.63, 3.8) is 0 Å². The standard InChI is InChI=1S/C15H30N2O2.3C2H6/c1-4-7-9-12-16-15(18)11-8-10-13-19-17-14(5-2)6-3;3*1-2/h4-13H2,1-3H3,(H,16,18);3*1-2H3. The molecular formula is C21H48N2O2. The van der Waals surface area contributed by atoms with E-state index in [4.69, 9.17) is 4.84 Å². The Morgan fingerprint density at radius 1 is 0.840 bits per heavy atom. The first-order valence-corrected chi connectivity index (χ1v) is 10.7. The summed E-state index contributed by atoms with van der Waals surface area (Å²) in [5.74, 6) is 0.155. The zero-order valence-corrected chi connectivity index (χ0v) is 18.8. The second-order valence-electron chi connectivity index (χ2n) is 4.71. The zero-order valence-electron chi connectivity index (χ0n) is 18.8. The quantitative estimate of drug-likeness (QED) is 0.238. The summed E-state index contributed by atoms with van der Waals surface area (Å²) < 4.78 is 0. The smallest absolute Gasteiger partial charge is 0.219 e. The number of hydrogen-bond acceptors (Lipinski definition) is 3. The number of oxime groups is 1. The Morgan fingerprint density at radius 2 is 1.40 bits per heavy atom. The number of unbranched alkanes of at least 4 members (excludes halogenated alkanes) is 3. The minimum atomic E-state index is 0.155. The number of nitrogens with zero attached hydrogens (tertiary/aromatic N) is 1. The van der Waals surface area contributed by atoms with Gasteiger partial charge in [0.2, 0.25) is 5.91 Å². The largest absolute Gasteiger partial charge is 0.396 e. The average Bonchev–Trinajstić information content (AvgIpc) is 2.69. The Balaban J connectivity index is -0.000000329. The predicted octanol–water partition coefficient (Wildman–Crippen LogP) is 6.73. The van der Waals surface area contributed by atoms with Gasteiger partial charge in [0.15, 0.2) is 0 Å². The van der Waals surface area contributed by atoms with Crippen LogP contribution >= 0.6 is 0 Å². The summed E-state index contributed by atoms with van der Waals surface area (Å²) in [6, 6.07) is 0. The molecule has 0 rings (SSSR count). The molecule has 1 amide bonds. The first-order chi connectivity index (χ1) is 12.2. The number of hydrogen-bond donors (Lipinski definition) is 1. The van der Waals surface area contributed by atoms with E-state index in [2.05, 4.69) is 31.2 Å². The number of carbonyl (C=O) groups is 1. The number of carbonyl (C=O) groups excluding carboxylic acids is 1. The van der Waals surface area contributed by atoms with Gasteiger partial charge in [0.1, 0.15) is 6.61 Å². The summed E-state index contributed by atoms with van der Waals surface area (Å²) in [6.45, 7) is 19.7. The molecule has 4 nitrogen and oxygen atoms in total. The Bertz CT molecular complexity index is 248. The van der Waals surface area contributed by atoms with Gasteiger partial charge < -0.3 is 10.2 Å². The summed E-state index contributed by atoms with van der Waals surface area (Å²) in [4.78, 5) is 16.7. The highest BCUT2D eigenvalue weighted by Gasteiger charge is 2.00. The molecule has 25 heavy (non-hydrogen) atoms. The van der Waals surface area contributed by atoms with Crippen molar-refractivity contribution in [3.05, 3.63) is 0 Å². The van der Waals surface area contributed by atoms with E-state index in [-0.39, 0.29) is 5.91 Å². The van der Waals surface area contributed by atoms with Gasteiger partial charge in [0.25, 0.3) is 0 Å². The predicted molar refractivity (Wildman–Crippen MR) is 114 cm³/mol. The van der Waals surface area contributed by atoms with Crippen LogP contribution in [0.4, 0.5) is 0 Å². The van der Waals surface area contributed by atoms with Gasteiger partial charge in [-0.2, -0.15) is 0 Å². The van der Waals surface area contributed by atoms with Gasteiger partial charge in [-0.1, -0.05) is 80.3 Å². The van der Waals surface area contributed by atoms with E-state index >= 15 is 0 Å². The molecule has 0 atom stereocenters. The normalized spacial score (nSPS) is 8.36. The fourth-order valence-corrected chi connectivity index (χ4v) is 1.66. The van der Waals surface area contributed by atoms with Crippen LogP contribution in [-0.2, 0) is 9.63 Å². The van der Waals surface area contributed by atoms with E-state index in [1.54, 1.807) is 0 Å². The zero-order chi connectivity index (χ0) is 20.3. The van der Waals surface area contributed by atoms with Crippen LogP contribution in [0.1, 0.15) is 114 Å². The molecule has 1 N–H and O–H groups in total. The summed E-state index contributed by atoms with van der Waals surface area (Å²) in [5.41, 5.74) is 1.09. The van der Waals surface area contributed by atoms with Gasteiger partial charge in [0, 0.05) is 13.0 Å². The fraction of sp³-hybridized carbons (Fsp3) is 0.905. The van der Waals surface area contributed by atoms with E-state index in [0.29, 0.717) is 13.0 Å². The number of nitrogens with one attached hydrogen (secondary N) is 1. The monoisotopic (exact) mass is 360 g/mol. The maximum atomic E-state index is 11.5. The minimum Gasteiger partial charge on any atom is -0.396 e. The van der Waals surface area contributed by atoms with Gasteiger partial charge in [-0.3, -0.25) is 4.79 Å². The second kappa shape index (κ2) is 34.3. The highest BCUT2D eigenvalue weighted by molar-refractivity contribution is 5.83. The highest BCUT2D eigenvalue weighted by Crippen LogP contribution is 1.99. The van der Waals surface area contributed by atoms with Crippen molar-refractivity contribution in [1.29, 1.82) is 0 Å². The van der Waals surface area contributed by atoms with Crippen LogP contribution in [-0.4, -0.2) is 24.8 Å². The molecule has 0 aromatic rings. The van der Waals surface area contributed by atoms with Crippen LogP contribution in [0.5, 0.6) is 0 Å². The molecule has 0 radical (unpaired) electrons. The second-order valence-corrected chi connectivity index (χ2v) is 4.71. The molecule has 0 aromatic carbocycles. The van der Waals surface area contributed by atoms with Gasteiger partial charge >= 0.3 is 0 Å². The molecule has 0 aliphatic carbocycles. The molecule has 0 heterocycles. The third-order valence-electron chi connectivity index (χ3n) is 3.00. The Morgan fingerprint density at radius 3 is 1.88 bits per heavy atom. The minimum absolute atomic E-state index is 0.155. The lowest BCUT2D eigenvalue weighted by molar-refractivity contribution is -0.121. The van der Waals surface area contributed by atoms with E-state index in [1.165, 1.54) is 12.8 Å². The van der Waals surface area contributed by atoms with Crippen molar-refractivity contribution in [2.45, 2.75) is 114 Å². The van der Waals surface area contributed by atoms with Crippen LogP contribution < -0.4 is 5.32 Å². The van der Waals surface area contributed by atoms with Crippen LogP contribution in [0.15, 0.2) is 5.16 Å². The Kier molecular flexibility index (Phi) is 43.5. The molecule has 0 aliphatic rings. The van der Waals surface area contributed by atoms with Gasteiger partial charge in [-0.05, 0) is 32.1 Å². The Hall–Kier alpha value is -1.06. The van der Waals surface area contributed by atoms with Crippen molar-refractivity contribution in [2.24, 2.45) is 5.16 Å². The first-order valence-electron chi connectivity index (χ1n) is 10.7. The van der Waals surface area contributed by atoms with E-state index in [9.17, 15) is 4.79 Å². The van der Waals surface area contributed by atoms with Crippen LogP contribution in [0.3, 0.4) is 0 Å². The van der Waals surface area contributed by atoms with Crippen molar-refractivity contribution < 1.29 is 9.63 Å². The van der Waals surface area contributed by atoms with Gasteiger partial charge in [-0.15, -0.1) is 0 Å².